The highest BCUT2D eigenvalue weighted by molar-refractivity contribution is 7.00. The monoisotopic (exact) mass is 764 g/mol. The molecule has 0 amide bonds. The normalized spacial score (nSPS) is 15.4. The average molecular weight is 765 g/mol. The van der Waals surface area contributed by atoms with Crippen LogP contribution in [0.25, 0.3) is 22.1 Å². The lowest BCUT2D eigenvalue weighted by atomic mass is 9.36. The van der Waals surface area contributed by atoms with E-state index >= 15 is 0 Å². The molecule has 0 saturated carbocycles. The van der Waals surface area contributed by atoms with Crippen molar-refractivity contribution in [2.24, 2.45) is 0 Å². The minimum atomic E-state index is -0.00362. The Hall–Kier alpha value is -6.20. The third-order valence-corrected chi connectivity index (χ3v) is 13.8. The van der Waals surface area contributed by atoms with Crippen molar-refractivity contribution in [2.45, 2.75) is 77.6 Å². The Kier molecular flexibility index (Phi) is 7.76. The quantitative estimate of drug-likeness (QED) is 0.166. The Morgan fingerprint density at radius 1 is 0.441 bits per heavy atom. The Labute approximate surface area is 348 Å². The molecule has 2 aliphatic carbocycles. The van der Waals surface area contributed by atoms with Crippen LogP contribution in [0, 0.1) is 0 Å². The van der Waals surface area contributed by atoms with Gasteiger partial charge in [0.1, 0.15) is 0 Å². The summed E-state index contributed by atoms with van der Waals surface area (Å²) in [7, 11) is 0. The fraction of sp³-hybridized carbons (Fsp3) is 0.222. The zero-order chi connectivity index (χ0) is 39.4. The van der Waals surface area contributed by atoms with E-state index in [9.17, 15) is 0 Å². The minimum Gasteiger partial charge on any atom is -0.323 e. The molecule has 2 aromatic heterocycles. The zero-order valence-electron chi connectivity index (χ0n) is 34.4. The molecule has 0 spiro atoms. The van der Waals surface area contributed by atoms with Crippen molar-refractivity contribution in [1.82, 2.24) is 9.13 Å². The van der Waals surface area contributed by atoms with Crippen molar-refractivity contribution in [3.8, 4) is 11.4 Å². The molecule has 6 aromatic carbocycles. The van der Waals surface area contributed by atoms with E-state index < -0.39 is 0 Å². The number of fused-ring (bicyclic) bond motifs is 9. The topological polar surface area (TPSA) is 16.3 Å². The fourth-order valence-electron chi connectivity index (χ4n) is 11.3. The molecule has 0 unspecified atom stereocenters. The highest BCUT2D eigenvalue weighted by atomic mass is 15.2. The Bertz CT molecular complexity index is 2930. The van der Waals surface area contributed by atoms with Crippen LogP contribution in [0.3, 0.4) is 0 Å². The van der Waals surface area contributed by atoms with Crippen molar-refractivity contribution in [3.05, 3.63) is 174 Å². The second-order valence-corrected chi connectivity index (χ2v) is 18.2. The summed E-state index contributed by atoms with van der Waals surface area (Å²) in [6, 6.07) is 55.1. The lowest BCUT2D eigenvalue weighted by Crippen LogP contribution is -2.64. The van der Waals surface area contributed by atoms with Gasteiger partial charge in [-0.1, -0.05) is 112 Å². The second kappa shape index (κ2) is 13.2. The number of rotatable bonds is 4. The first kappa shape index (κ1) is 34.8. The zero-order valence-corrected chi connectivity index (χ0v) is 34.4. The molecule has 4 aliphatic rings. The number of benzene rings is 6. The molecule has 0 saturated heterocycles. The van der Waals surface area contributed by atoms with Gasteiger partial charge < -0.3 is 18.9 Å². The van der Waals surface area contributed by atoms with Gasteiger partial charge >= 0.3 is 0 Å². The van der Waals surface area contributed by atoms with Crippen LogP contribution in [0.2, 0.25) is 0 Å². The summed E-state index contributed by atoms with van der Waals surface area (Å²) in [6.07, 6.45) is 9.14. The van der Waals surface area contributed by atoms with Crippen molar-refractivity contribution in [2.75, 3.05) is 9.80 Å². The molecule has 0 atom stereocenters. The van der Waals surface area contributed by atoms with Gasteiger partial charge in [0.25, 0.3) is 6.71 Å². The molecule has 0 bridgehead atoms. The molecule has 288 valence electrons. The van der Waals surface area contributed by atoms with Crippen molar-refractivity contribution in [3.63, 3.8) is 0 Å². The number of aromatic nitrogens is 2. The van der Waals surface area contributed by atoms with Crippen LogP contribution in [-0.4, -0.2) is 15.8 Å². The summed E-state index contributed by atoms with van der Waals surface area (Å²) in [5.41, 5.74) is 22.0. The van der Waals surface area contributed by atoms with Crippen LogP contribution in [0.1, 0.15) is 74.5 Å². The van der Waals surface area contributed by atoms with E-state index in [1.165, 1.54) is 127 Å². The molecule has 8 aromatic rings. The largest absolute Gasteiger partial charge is 0.323 e. The summed E-state index contributed by atoms with van der Waals surface area (Å²) < 4.78 is 5.47. The lowest BCUT2D eigenvalue weighted by molar-refractivity contribution is 0.590. The van der Waals surface area contributed by atoms with E-state index in [4.69, 9.17) is 0 Å². The minimum absolute atomic E-state index is 0.00362. The maximum Gasteiger partial charge on any atom is 0.294 e. The van der Waals surface area contributed by atoms with Gasteiger partial charge in [-0.05, 0) is 139 Å². The van der Waals surface area contributed by atoms with Crippen molar-refractivity contribution < 1.29 is 0 Å². The number of nitrogens with zero attached hydrogens (tertiary/aromatic N) is 4. The van der Waals surface area contributed by atoms with Gasteiger partial charge in [0.2, 0.25) is 0 Å². The van der Waals surface area contributed by atoms with Crippen LogP contribution in [0.15, 0.2) is 146 Å². The highest BCUT2D eigenvalue weighted by Crippen LogP contribution is 2.50. The third kappa shape index (κ3) is 5.10. The molecular formula is C54H49BN4. The second-order valence-electron chi connectivity index (χ2n) is 18.2. The summed E-state index contributed by atoms with van der Waals surface area (Å²) in [5.74, 6) is 0. The van der Waals surface area contributed by atoms with E-state index in [1.54, 1.807) is 0 Å². The van der Waals surface area contributed by atoms with Gasteiger partial charge in [-0.2, -0.15) is 0 Å². The van der Waals surface area contributed by atoms with Gasteiger partial charge in [-0.25, -0.2) is 0 Å². The van der Waals surface area contributed by atoms with E-state index in [2.05, 4.69) is 185 Å². The van der Waals surface area contributed by atoms with Crippen LogP contribution in [0.4, 0.5) is 34.1 Å². The molecule has 4 nitrogen and oxygen atoms in total. The number of anilines is 6. The first-order valence-electron chi connectivity index (χ1n) is 21.9. The molecule has 0 fully saturated rings. The number of hydrogen-bond donors (Lipinski definition) is 0. The first-order valence-corrected chi connectivity index (χ1v) is 21.9. The Morgan fingerprint density at radius 2 is 0.932 bits per heavy atom. The fourth-order valence-corrected chi connectivity index (χ4v) is 11.3. The van der Waals surface area contributed by atoms with E-state index in [0.717, 1.165) is 25.7 Å². The Morgan fingerprint density at radius 3 is 1.58 bits per heavy atom. The lowest BCUT2D eigenvalue weighted by Gasteiger charge is -2.43. The highest BCUT2D eigenvalue weighted by Gasteiger charge is 2.51. The van der Waals surface area contributed by atoms with Crippen molar-refractivity contribution >= 4 is 68.3 Å². The number of hydrogen-bond acceptors (Lipinski definition) is 2. The summed E-state index contributed by atoms with van der Waals surface area (Å²) in [6.45, 7) is 6.96. The van der Waals surface area contributed by atoms with Crippen molar-refractivity contribution in [1.29, 1.82) is 0 Å². The van der Waals surface area contributed by atoms with Crippen LogP contribution in [-0.2, 0) is 31.1 Å². The van der Waals surface area contributed by atoms with Gasteiger partial charge in [0, 0.05) is 56.4 Å². The predicted octanol–water partition coefficient (Wildman–Crippen LogP) is 11.6. The van der Waals surface area contributed by atoms with Gasteiger partial charge in [0.15, 0.2) is 0 Å². The predicted molar refractivity (Wildman–Crippen MR) is 249 cm³/mol. The van der Waals surface area contributed by atoms with Crippen LogP contribution < -0.4 is 26.4 Å². The standard InChI is InChI=1S/C54H49BN4/c1-54(2,3)37-32-34-40(35-33-37)58-45-27-14-12-25-42(45)50-52(58)55-49-47(56(50)38-20-6-4-7-21-38)30-17-31-48(49)59(44-29-16-19-36-18-10-11-24-41(36)44)51-43-26-13-15-28-46(43)57(53(51)55)39-22-8-5-9-23-39/h4-11,16-24,29-35H,12-15,25-28H2,1-3H3. The maximum absolute atomic E-state index is 2.75. The SMILES string of the molecule is CC(C)(C)c1ccc(-n2c3c(c4c2B2c5c(cccc5N(c5cccc6ccccc56)c5c6c(n(-c7ccccc7)c52)CCCC6)N4c2ccccc2)CCCC3)cc1. The van der Waals surface area contributed by atoms with Crippen LogP contribution in [0.5, 0.6) is 0 Å². The number of para-hydroxylation sites is 2. The molecule has 0 radical (unpaired) electrons. The smallest absolute Gasteiger partial charge is 0.294 e. The van der Waals surface area contributed by atoms with Gasteiger partial charge in [-0.3, -0.25) is 0 Å². The molecular weight excluding hydrogens is 715 g/mol. The van der Waals surface area contributed by atoms with Crippen LogP contribution >= 0.6 is 0 Å². The summed E-state index contributed by atoms with van der Waals surface area (Å²) in [5, 5.41) is 2.55. The third-order valence-electron chi connectivity index (χ3n) is 13.8. The molecule has 2 aliphatic heterocycles. The molecule has 12 rings (SSSR count). The summed E-state index contributed by atoms with van der Waals surface area (Å²) in [4.78, 5) is 5.34. The molecule has 5 heteroatoms. The molecule has 0 N–H and O–H groups in total. The van der Waals surface area contributed by atoms with E-state index in [0.29, 0.717) is 0 Å². The first-order chi connectivity index (χ1) is 29.0. The molecule has 59 heavy (non-hydrogen) atoms. The van der Waals surface area contributed by atoms with Gasteiger partial charge in [0.05, 0.1) is 17.1 Å². The van der Waals surface area contributed by atoms with E-state index in [-0.39, 0.29) is 12.1 Å². The van der Waals surface area contributed by atoms with E-state index in [1.807, 2.05) is 0 Å². The summed E-state index contributed by atoms with van der Waals surface area (Å²) >= 11 is 0. The maximum atomic E-state index is 2.75. The Balaban J connectivity index is 1.26. The average Bonchev–Trinajstić information content (AvgIpc) is 3.80. The van der Waals surface area contributed by atoms with Gasteiger partial charge in [-0.15, -0.1) is 0 Å². The molecule has 4 heterocycles.